The van der Waals surface area contributed by atoms with Crippen LogP contribution in [-0.2, 0) is 4.79 Å². The molecule has 1 aromatic carbocycles. The van der Waals surface area contributed by atoms with E-state index in [-0.39, 0.29) is 5.75 Å². The first-order chi connectivity index (χ1) is 7.90. The Bertz CT molecular complexity index is 453. The van der Waals surface area contributed by atoms with Gasteiger partial charge in [0.05, 0.1) is 0 Å². The monoisotopic (exact) mass is 242 g/mol. The third kappa shape index (κ3) is 3.86. The fraction of sp³-hybridized carbons (Fsp3) is 0.250. The van der Waals surface area contributed by atoms with Crippen molar-refractivity contribution >= 4 is 12.0 Å². The van der Waals surface area contributed by atoms with E-state index in [1.54, 1.807) is 19.9 Å². The molecule has 0 heterocycles. The minimum Gasteiger partial charge on any atom is -0.478 e. The van der Waals surface area contributed by atoms with Crippen molar-refractivity contribution in [3.05, 3.63) is 34.9 Å². The second kappa shape index (κ2) is 5.43. The van der Waals surface area contributed by atoms with E-state index in [0.29, 0.717) is 16.7 Å². The number of carbonyl (C=O) groups is 1. The van der Waals surface area contributed by atoms with Crippen molar-refractivity contribution in [1.29, 1.82) is 0 Å². The summed E-state index contributed by atoms with van der Waals surface area (Å²) in [5, 5.41) is 8.50. The van der Waals surface area contributed by atoms with E-state index in [4.69, 9.17) is 5.11 Å². The average Bonchev–Trinajstić information content (AvgIpc) is 2.20. The lowest BCUT2D eigenvalue weighted by atomic mass is 10.0. The number of hydrogen-bond acceptors (Lipinski definition) is 2. The number of halogens is 2. The SMILES string of the molecule is Cc1cc(OC(F)F)c(C)cc1/C=C/C(=O)O. The maximum absolute atomic E-state index is 12.1. The van der Waals surface area contributed by atoms with E-state index >= 15 is 0 Å². The molecule has 1 aromatic rings. The summed E-state index contributed by atoms with van der Waals surface area (Å²) in [6, 6.07) is 3.06. The van der Waals surface area contributed by atoms with E-state index < -0.39 is 12.6 Å². The lowest BCUT2D eigenvalue weighted by Crippen LogP contribution is -2.04. The highest BCUT2D eigenvalue weighted by Gasteiger charge is 2.09. The number of carboxylic acids is 1. The van der Waals surface area contributed by atoms with Crippen LogP contribution in [0, 0.1) is 13.8 Å². The van der Waals surface area contributed by atoms with E-state index in [0.717, 1.165) is 6.08 Å². The third-order valence-corrected chi connectivity index (χ3v) is 2.19. The number of rotatable bonds is 4. The highest BCUT2D eigenvalue weighted by atomic mass is 19.3. The molecule has 0 radical (unpaired) electrons. The zero-order chi connectivity index (χ0) is 13.0. The first-order valence-electron chi connectivity index (χ1n) is 4.87. The van der Waals surface area contributed by atoms with Gasteiger partial charge in [0.15, 0.2) is 0 Å². The van der Waals surface area contributed by atoms with Gasteiger partial charge in [0, 0.05) is 6.08 Å². The molecular formula is C12H12F2O3. The molecule has 0 spiro atoms. The molecule has 5 heteroatoms. The molecule has 0 bridgehead atoms. The molecule has 0 saturated heterocycles. The van der Waals surface area contributed by atoms with Crippen LogP contribution in [-0.4, -0.2) is 17.7 Å². The largest absolute Gasteiger partial charge is 0.478 e. The number of hydrogen-bond donors (Lipinski definition) is 1. The van der Waals surface area contributed by atoms with Crippen LogP contribution in [0.5, 0.6) is 5.75 Å². The second-order valence-corrected chi connectivity index (χ2v) is 3.52. The molecule has 3 nitrogen and oxygen atoms in total. The number of aryl methyl sites for hydroxylation is 2. The van der Waals surface area contributed by atoms with Crippen LogP contribution in [0.1, 0.15) is 16.7 Å². The molecule has 0 saturated carbocycles. The molecule has 0 aromatic heterocycles. The smallest absolute Gasteiger partial charge is 0.387 e. The maximum atomic E-state index is 12.1. The zero-order valence-corrected chi connectivity index (χ0v) is 9.41. The van der Waals surface area contributed by atoms with Crippen molar-refractivity contribution in [2.24, 2.45) is 0 Å². The average molecular weight is 242 g/mol. The number of alkyl halides is 2. The summed E-state index contributed by atoms with van der Waals surface area (Å²) in [6.07, 6.45) is 2.41. The Morgan fingerprint density at radius 1 is 1.35 bits per heavy atom. The highest BCUT2D eigenvalue weighted by Crippen LogP contribution is 2.25. The molecule has 0 fully saturated rings. The van der Waals surface area contributed by atoms with Crippen molar-refractivity contribution in [2.45, 2.75) is 20.5 Å². The minimum absolute atomic E-state index is 0.102. The van der Waals surface area contributed by atoms with Gasteiger partial charge >= 0.3 is 12.6 Å². The van der Waals surface area contributed by atoms with Crippen molar-refractivity contribution < 1.29 is 23.4 Å². The maximum Gasteiger partial charge on any atom is 0.387 e. The Morgan fingerprint density at radius 3 is 2.53 bits per heavy atom. The lowest BCUT2D eigenvalue weighted by Gasteiger charge is -2.10. The van der Waals surface area contributed by atoms with Crippen LogP contribution in [0.4, 0.5) is 8.78 Å². The number of carboxylic acid groups (broad SMARTS) is 1. The van der Waals surface area contributed by atoms with Crippen LogP contribution in [0.15, 0.2) is 18.2 Å². The van der Waals surface area contributed by atoms with Crippen molar-refractivity contribution in [2.75, 3.05) is 0 Å². The second-order valence-electron chi connectivity index (χ2n) is 3.52. The number of ether oxygens (including phenoxy) is 1. The Hall–Kier alpha value is -1.91. The predicted octanol–water partition coefficient (Wildman–Crippen LogP) is 3.00. The summed E-state index contributed by atoms with van der Waals surface area (Å²) in [4.78, 5) is 10.4. The minimum atomic E-state index is -2.87. The molecule has 0 aliphatic heterocycles. The fourth-order valence-electron chi connectivity index (χ4n) is 1.38. The van der Waals surface area contributed by atoms with Gasteiger partial charge in [0.2, 0.25) is 0 Å². The predicted molar refractivity (Wildman–Crippen MR) is 59.2 cm³/mol. The number of aliphatic carboxylic acids is 1. The van der Waals surface area contributed by atoms with Crippen LogP contribution in [0.25, 0.3) is 6.08 Å². The Kier molecular flexibility index (Phi) is 4.20. The third-order valence-electron chi connectivity index (χ3n) is 2.19. The van der Waals surface area contributed by atoms with Gasteiger partial charge < -0.3 is 9.84 Å². The van der Waals surface area contributed by atoms with Crippen molar-refractivity contribution in [1.82, 2.24) is 0 Å². The molecule has 0 aliphatic carbocycles. The van der Waals surface area contributed by atoms with Crippen molar-refractivity contribution in [3.63, 3.8) is 0 Å². The van der Waals surface area contributed by atoms with Gasteiger partial charge in [-0.2, -0.15) is 8.78 Å². The Morgan fingerprint density at radius 2 is 2.00 bits per heavy atom. The summed E-state index contributed by atoms with van der Waals surface area (Å²) in [7, 11) is 0. The standard InChI is InChI=1S/C12H12F2O3/c1-7-6-10(17-12(13)14)8(2)5-9(7)3-4-11(15)16/h3-6,12H,1-2H3,(H,15,16)/b4-3+. The van der Waals surface area contributed by atoms with Gasteiger partial charge in [0.25, 0.3) is 0 Å². The van der Waals surface area contributed by atoms with Gasteiger partial charge in [-0.25, -0.2) is 4.79 Å². The molecule has 92 valence electrons. The quantitative estimate of drug-likeness (QED) is 0.825. The van der Waals surface area contributed by atoms with Crippen LogP contribution < -0.4 is 4.74 Å². The highest BCUT2D eigenvalue weighted by molar-refractivity contribution is 5.85. The van der Waals surface area contributed by atoms with Gasteiger partial charge in [-0.15, -0.1) is 0 Å². The number of benzene rings is 1. The summed E-state index contributed by atoms with van der Waals surface area (Å²) in [5.41, 5.74) is 1.86. The van der Waals surface area contributed by atoms with Gasteiger partial charge in [-0.1, -0.05) is 0 Å². The van der Waals surface area contributed by atoms with E-state index in [1.165, 1.54) is 12.1 Å². The molecule has 0 amide bonds. The summed E-state index contributed by atoms with van der Waals surface area (Å²) < 4.78 is 28.5. The molecule has 17 heavy (non-hydrogen) atoms. The summed E-state index contributed by atoms with van der Waals surface area (Å²) in [5.74, 6) is -0.958. The first kappa shape index (κ1) is 13.2. The van der Waals surface area contributed by atoms with E-state index in [9.17, 15) is 13.6 Å². The zero-order valence-electron chi connectivity index (χ0n) is 9.41. The molecular weight excluding hydrogens is 230 g/mol. The fourth-order valence-corrected chi connectivity index (χ4v) is 1.38. The van der Waals surface area contributed by atoms with Crippen LogP contribution in [0.3, 0.4) is 0 Å². The molecule has 0 unspecified atom stereocenters. The van der Waals surface area contributed by atoms with Gasteiger partial charge in [-0.05, 0) is 48.7 Å². The summed E-state index contributed by atoms with van der Waals surface area (Å²) >= 11 is 0. The lowest BCUT2D eigenvalue weighted by molar-refractivity contribution is -0.131. The molecule has 0 atom stereocenters. The van der Waals surface area contributed by atoms with Gasteiger partial charge in [0.1, 0.15) is 5.75 Å². The Labute approximate surface area is 97.3 Å². The van der Waals surface area contributed by atoms with Crippen molar-refractivity contribution in [3.8, 4) is 5.75 Å². The van der Waals surface area contributed by atoms with Crippen LogP contribution >= 0.6 is 0 Å². The first-order valence-corrected chi connectivity index (χ1v) is 4.87. The normalized spacial score (nSPS) is 11.1. The topological polar surface area (TPSA) is 46.5 Å². The van der Waals surface area contributed by atoms with E-state index in [1.807, 2.05) is 0 Å². The van der Waals surface area contributed by atoms with Crippen LogP contribution in [0.2, 0.25) is 0 Å². The molecule has 0 aliphatic rings. The Balaban J connectivity index is 3.05. The van der Waals surface area contributed by atoms with Gasteiger partial charge in [-0.3, -0.25) is 0 Å². The van der Waals surface area contributed by atoms with E-state index in [2.05, 4.69) is 4.74 Å². The molecule has 1 rings (SSSR count). The molecule has 1 N–H and O–H groups in total. The summed E-state index contributed by atoms with van der Waals surface area (Å²) in [6.45, 7) is 0.447.